The highest BCUT2D eigenvalue weighted by Crippen LogP contribution is 2.34. The second-order valence-corrected chi connectivity index (χ2v) is 4.78. The number of H-pyrrole nitrogens is 1. The Balaban J connectivity index is 2.22. The molecular weight excluding hydrogens is 247 g/mol. The molecule has 0 unspecified atom stereocenters. The molecule has 0 spiro atoms. The van der Waals surface area contributed by atoms with Gasteiger partial charge >= 0.3 is 6.18 Å². The third-order valence-electron chi connectivity index (χ3n) is 2.19. The smallest absolute Gasteiger partial charge is 0.356 e. The minimum absolute atomic E-state index is 0.571. The van der Waals surface area contributed by atoms with Gasteiger partial charge in [0.25, 0.3) is 0 Å². The minimum atomic E-state index is -4.29. The van der Waals surface area contributed by atoms with Crippen LogP contribution >= 0.6 is 11.8 Å². The quantitative estimate of drug-likeness (QED) is 0.837. The highest BCUT2D eigenvalue weighted by molar-refractivity contribution is 7.99. The van der Waals surface area contributed by atoms with Crippen LogP contribution in [0.25, 0.3) is 0 Å². The number of aromatic amines is 1. The number of nitrogens with one attached hydrogen (secondary N) is 1. The van der Waals surface area contributed by atoms with Crippen molar-refractivity contribution in [2.75, 3.05) is 0 Å². The first-order valence-electron chi connectivity index (χ1n) is 4.95. The van der Waals surface area contributed by atoms with Crippen LogP contribution < -0.4 is 0 Å². The van der Waals surface area contributed by atoms with Gasteiger partial charge in [0.05, 0.1) is 10.6 Å². The average Bonchev–Trinajstić information content (AvgIpc) is 2.63. The van der Waals surface area contributed by atoms with Crippen molar-refractivity contribution in [1.29, 1.82) is 0 Å². The first-order valence-corrected chi connectivity index (χ1v) is 5.77. The van der Waals surface area contributed by atoms with Crippen LogP contribution in [0.5, 0.6) is 0 Å². The van der Waals surface area contributed by atoms with E-state index in [0.717, 1.165) is 22.7 Å². The van der Waals surface area contributed by atoms with Gasteiger partial charge in [0, 0.05) is 11.1 Å². The molecule has 17 heavy (non-hydrogen) atoms. The van der Waals surface area contributed by atoms with Crippen LogP contribution in [0.2, 0.25) is 0 Å². The van der Waals surface area contributed by atoms with E-state index in [9.17, 15) is 13.2 Å². The predicted molar refractivity (Wildman–Crippen MR) is 61.1 cm³/mol. The third-order valence-corrected chi connectivity index (χ3v) is 3.14. The van der Waals surface area contributed by atoms with Crippen LogP contribution in [0, 0.1) is 6.92 Å². The molecule has 0 aliphatic rings. The maximum Gasteiger partial charge on any atom is 0.416 e. The number of alkyl halides is 3. The lowest BCUT2D eigenvalue weighted by molar-refractivity contribution is -0.137. The summed E-state index contributed by atoms with van der Waals surface area (Å²) >= 11 is 1.28. The maximum atomic E-state index is 12.5. The van der Waals surface area contributed by atoms with E-state index >= 15 is 0 Å². The van der Waals surface area contributed by atoms with Crippen molar-refractivity contribution in [2.24, 2.45) is 0 Å². The van der Waals surface area contributed by atoms with Gasteiger partial charge in [-0.2, -0.15) is 13.2 Å². The standard InChI is InChI=1S/C12H10F3NS/c1-8-5-11(16-7-8)17-10-4-2-3-9(6-10)12(13,14)15/h2-7,16H,1H3. The molecule has 1 N–H and O–H groups in total. The summed E-state index contributed by atoms with van der Waals surface area (Å²) in [5.41, 5.74) is 0.435. The molecule has 5 heteroatoms. The van der Waals surface area contributed by atoms with Gasteiger partial charge in [-0.1, -0.05) is 17.8 Å². The number of rotatable bonds is 2. The largest absolute Gasteiger partial charge is 0.416 e. The van der Waals surface area contributed by atoms with Crippen molar-refractivity contribution in [3.8, 4) is 0 Å². The topological polar surface area (TPSA) is 15.8 Å². The molecule has 2 rings (SSSR count). The van der Waals surface area contributed by atoms with Gasteiger partial charge in [0.1, 0.15) is 0 Å². The SMILES string of the molecule is Cc1c[nH]c(Sc2cccc(C(F)(F)F)c2)c1. The normalized spacial score (nSPS) is 11.8. The Bertz CT molecular complexity index is 516. The fraction of sp³-hybridized carbons (Fsp3) is 0.167. The van der Waals surface area contributed by atoms with Gasteiger partial charge in [0.2, 0.25) is 0 Å². The summed E-state index contributed by atoms with van der Waals surface area (Å²) in [4.78, 5) is 3.56. The van der Waals surface area contributed by atoms with E-state index in [1.165, 1.54) is 17.8 Å². The Morgan fingerprint density at radius 2 is 1.94 bits per heavy atom. The summed E-state index contributed by atoms with van der Waals surface area (Å²) in [7, 11) is 0. The lowest BCUT2D eigenvalue weighted by Crippen LogP contribution is -2.04. The molecular formula is C12H10F3NS. The summed E-state index contributed by atoms with van der Waals surface area (Å²) in [5.74, 6) is 0. The van der Waals surface area contributed by atoms with Crippen molar-refractivity contribution >= 4 is 11.8 Å². The predicted octanol–water partition coefficient (Wildman–Crippen LogP) is 4.49. The average molecular weight is 257 g/mol. The zero-order valence-electron chi connectivity index (χ0n) is 9.01. The molecule has 2 aromatic rings. The molecule has 0 aliphatic heterocycles. The first kappa shape index (κ1) is 12.1. The number of aromatic nitrogens is 1. The van der Waals surface area contributed by atoms with Crippen LogP contribution in [-0.4, -0.2) is 4.98 Å². The Labute approximate surface area is 101 Å². The number of halogens is 3. The fourth-order valence-electron chi connectivity index (χ4n) is 1.40. The summed E-state index contributed by atoms with van der Waals surface area (Å²) in [6.07, 6.45) is -2.47. The van der Waals surface area contributed by atoms with Crippen LogP contribution in [0.3, 0.4) is 0 Å². The summed E-state index contributed by atoms with van der Waals surface area (Å²) in [6, 6.07) is 7.20. The number of benzene rings is 1. The maximum absolute atomic E-state index is 12.5. The van der Waals surface area contributed by atoms with Gasteiger partial charge in [-0.25, -0.2) is 0 Å². The Morgan fingerprint density at radius 3 is 2.53 bits per heavy atom. The molecule has 90 valence electrons. The minimum Gasteiger partial charge on any atom is -0.356 e. The van der Waals surface area contributed by atoms with Gasteiger partial charge in [0.15, 0.2) is 0 Å². The molecule has 0 aliphatic carbocycles. The number of aryl methyl sites for hydroxylation is 1. The second kappa shape index (κ2) is 4.49. The Morgan fingerprint density at radius 1 is 1.18 bits per heavy atom. The Hall–Kier alpha value is -1.36. The summed E-state index contributed by atoms with van der Waals surface area (Å²) in [5, 5.41) is 0.835. The lowest BCUT2D eigenvalue weighted by Gasteiger charge is -2.07. The zero-order chi connectivity index (χ0) is 12.5. The van der Waals surface area contributed by atoms with Crippen molar-refractivity contribution < 1.29 is 13.2 Å². The molecule has 1 nitrogen and oxygen atoms in total. The third kappa shape index (κ3) is 3.06. The second-order valence-electron chi connectivity index (χ2n) is 3.67. The van der Waals surface area contributed by atoms with Crippen molar-refractivity contribution in [3.05, 3.63) is 47.7 Å². The summed E-state index contributed by atoms with van der Waals surface area (Å²) < 4.78 is 37.5. The molecule has 0 saturated heterocycles. The monoisotopic (exact) mass is 257 g/mol. The number of hydrogen-bond donors (Lipinski definition) is 1. The van der Waals surface area contributed by atoms with E-state index in [-0.39, 0.29) is 0 Å². The molecule has 1 aromatic heterocycles. The summed E-state index contributed by atoms with van der Waals surface area (Å²) in [6.45, 7) is 1.92. The molecule has 0 amide bonds. The van der Waals surface area contributed by atoms with Crippen molar-refractivity contribution in [3.63, 3.8) is 0 Å². The van der Waals surface area contributed by atoms with Crippen molar-refractivity contribution in [1.82, 2.24) is 4.98 Å². The lowest BCUT2D eigenvalue weighted by atomic mass is 10.2. The van der Waals surface area contributed by atoms with Gasteiger partial charge in [-0.05, 0) is 36.8 Å². The van der Waals surface area contributed by atoms with E-state index in [2.05, 4.69) is 4.98 Å². The fourth-order valence-corrected chi connectivity index (χ4v) is 2.35. The van der Waals surface area contributed by atoms with Gasteiger partial charge in [-0.3, -0.25) is 0 Å². The van der Waals surface area contributed by atoms with E-state index in [0.29, 0.717) is 4.90 Å². The highest BCUT2D eigenvalue weighted by Gasteiger charge is 2.30. The van der Waals surface area contributed by atoms with Crippen LogP contribution in [0.15, 0.2) is 46.5 Å². The van der Waals surface area contributed by atoms with E-state index in [1.54, 1.807) is 6.07 Å². The molecule has 1 heterocycles. The van der Waals surface area contributed by atoms with Crippen LogP contribution in [0.1, 0.15) is 11.1 Å². The zero-order valence-corrected chi connectivity index (χ0v) is 9.82. The van der Waals surface area contributed by atoms with E-state index in [4.69, 9.17) is 0 Å². The van der Waals surface area contributed by atoms with Gasteiger partial charge < -0.3 is 4.98 Å². The van der Waals surface area contributed by atoms with E-state index < -0.39 is 11.7 Å². The molecule has 0 saturated carbocycles. The molecule has 0 bridgehead atoms. The van der Waals surface area contributed by atoms with E-state index in [1.807, 2.05) is 19.2 Å². The number of hydrogen-bond acceptors (Lipinski definition) is 1. The van der Waals surface area contributed by atoms with Crippen molar-refractivity contribution in [2.45, 2.75) is 23.0 Å². The molecule has 1 aromatic carbocycles. The Kier molecular flexibility index (Phi) is 3.19. The van der Waals surface area contributed by atoms with Crippen LogP contribution in [-0.2, 0) is 6.18 Å². The van der Waals surface area contributed by atoms with Crippen LogP contribution in [0.4, 0.5) is 13.2 Å². The highest BCUT2D eigenvalue weighted by atomic mass is 32.2. The molecule has 0 radical (unpaired) electrons. The van der Waals surface area contributed by atoms with Gasteiger partial charge in [-0.15, -0.1) is 0 Å². The first-order chi connectivity index (χ1) is 7.95. The molecule has 0 atom stereocenters. The molecule has 0 fully saturated rings.